The molecule has 0 aliphatic carbocycles. The van der Waals surface area contributed by atoms with Crippen molar-refractivity contribution in [1.82, 2.24) is 10.3 Å². The Bertz CT molecular complexity index is 754. The SMILES string of the molecule is CC(C)(C)OC(=O)NCC=Cc1ccc2[nH]c(C(=O)O)cc2c1. The van der Waals surface area contributed by atoms with Gasteiger partial charge in [0, 0.05) is 17.4 Å². The molecule has 6 nitrogen and oxygen atoms in total. The number of carboxylic acid groups (broad SMARTS) is 1. The number of hydrogen-bond donors (Lipinski definition) is 3. The average molecular weight is 316 g/mol. The highest BCUT2D eigenvalue weighted by molar-refractivity contribution is 5.94. The van der Waals surface area contributed by atoms with Crippen LogP contribution in [-0.4, -0.2) is 34.3 Å². The van der Waals surface area contributed by atoms with Crippen LogP contribution in [0.25, 0.3) is 17.0 Å². The van der Waals surface area contributed by atoms with E-state index in [0.717, 1.165) is 16.5 Å². The Hall–Kier alpha value is -2.76. The molecular formula is C17H20N2O4. The monoisotopic (exact) mass is 316 g/mol. The first kappa shape index (κ1) is 16.6. The van der Waals surface area contributed by atoms with Gasteiger partial charge in [-0.15, -0.1) is 0 Å². The molecule has 2 rings (SSSR count). The molecule has 1 amide bonds. The second-order valence-electron chi connectivity index (χ2n) is 6.12. The molecule has 0 saturated heterocycles. The van der Waals surface area contributed by atoms with E-state index in [2.05, 4.69) is 10.3 Å². The smallest absolute Gasteiger partial charge is 0.407 e. The zero-order chi connectivity index (χ0) is 17.0. The van der Waals surface area contributed by atoms with E-state index < -0.39 is 17.7 Å². The van der Waals surface area contributed by atoms with Crippen molar-refractivity contribution in [2.75, 3.05) is 6.54 Å². The summed E-state index contributed by atoms with van der Waals surface area (Å²) in [6, 6.07) is 7.16. The van der Waals surface area contributed by atoms with Crippen LogP contribution in [-0.2, 0) is 4.74 Å². The summed E-state index contributed by atoms with van der Waals surface area (Å²) >= 11 is 0. The molecule has 0 unspecified atom stereocenters. The number of aromatic nitrogens is 1. The van der Waals surface area contributed by atoms with Crippen LogP contribution in [0.4, 0.5) is 4.79 Å². The predicted molar refractivity (Wildman–Crippen MR) is 88.5 cm³/mol. The average Bonchev–Trinajstić information content (AvgIpc) is 2.85. The number of alkyl carbamates (subject to hydrolysis) is 1. The minimum atomic E-state index is -0.986. The Morgan fingerprint density at radius 3 is 2.70 bits per heavy atom. The molecule has 0 saturated carbocycles. The first-order chi connectivity index (χ1) is 10.7. The van der Waals surface area contributed by atoms with Crippen LogP contribution in [0.1, 0.15) is 36.8 Å². The molecule has 122 valence electrons. The molecule has 0 aliphatic heterocycles. The van der Waals surface area contributed by atoms with Crippen LogP contribution in [0.3, 0.4) is 0 Å². The first-order valence-electron chi connectivity index (χ1n) is 7.24. The van der Waals surface area contributed by atoms with E-state index in [0.29, 0.717) is 6.54 Å². The topological polar surface area (TPSA) is 91.4 Å². The van der Waals surface area contributed by atoms with Crippen LogP contribution in [0.2, 0.25) is 0 Å². The third-order valence-electron chi connectivity index (χ3n) is 2.95. The molecule has 0 atom stereocenters. The number of fused-ring (bicyclic) bond motifs is 1. The van der Waals surface area contributed by atoms with E-state index in [9.17, 15) is 9.59 Å². The summed E-state index contributed by atoms with van der Waals surface area (Å²) in [5, 5.41) is 12.4. The zero-order valence-corrected chi connectivity index (χ0v) is 13.3. The van der Waals surface area contributed by atoms with Crippen molar-refractivity contribution >= 4 is 29.0 Å². The van der Waals surface area contributed by atoms with Crippen molar-refractivity contribution in [2.45, 2.75) is 26.4 Å². The molecule has 23 heavy (non-hydrogen) atoms. The number of aromatic amines is 1. The maximum atomic E-state index is 11.5. The highest BCUT2D eigenvalue weighted by atomic mass is 16.6. The number of aromatic carboxylic acids is 1. The maximum Gasteiger partial charge on any atom is 0.407 e. The molecule has 1 aromatic carbocycles. The molecule has 2 aromatic rings. The number of amides is 1. The Balaban J connectivity index is 1.96. The molecule has 3 N–H and O–H groups in total. The number of rotatable bonds is 4. The van der Waals surface area contributed by atoms with E-state index in [-0.39, 0.29) is 5.69 Å². The first-order valence-corrected chi connectivity index (χ1v) is 7.24. The molecule has 0 radical (unpaired) electrons. The number of nitrogens with one attached hydrogen (secondary N) is 2. The molecule has 0 spiro atoms. The summed E-state index contributed by atoms with van der Waals surface area (Å²) in [7, 11) is 0. The molecule has 0 fully saturated rings. The molecule has 1 aromatic heterocycles. The van der Waals surface area contributed by atoms with Gasteiger partial charge in [-0.3, -0.25) is 0 Å². The van der Waals surface area contributed by atoms with Crippen molar-refractivity contribution < 1.29 is 19.4 Å². The van der Waals surface area contributed by atoms with Gasteiger partial charge in [0.1, 0.15) is 11.3 Å². The third kappa shape index (κ3) is 4.88. The predicted octanol–water partition coefficient (Wildman–Crippen LogP) is 3.40. The minimum Gasteiger partial charge on any atom is -0.477 e. The molecule has 0 aliphatic rings. The number of carbonyl (C=O) groups is 2. The summed E-state index contributed by atoms with van der Waals surface area (Å²) in [4.78, 5) is 25.2. The zero-order valence-electron chi connectivity index (χ0n) is 13.3. The van der Waals surface area contributed by atoms with Crippen molar-refractivity contribution in [2.24, 2.45) is 0 Å². The van der Waals surface area contributed by atoms with Crippen molar-refractivity contribution in [3.05, 3.63) is 41.6 Å². The van der Waals surface area contributed by atoms with Gasteiger partial charge in [0.25, 0.3) is 0 Å². The van der Waals surface area contributed by atoms with Gasteiger partial charge in [-0.1, -0.05) is 18.2 Å². The summed E-state index contributed by atoms with van der Waals surface area (Å²) < 4.78 is 5.13. The Labute approximate surface area is 134 Å². The van der Waals surface area contributed by atoms with Gasteiger partial charge in [0.05, 0.1) is 0 Å². The van der Waals surface area contributed by atoms with Gasteiger partial charge < -0.3 is 20.1 Å². The molecular weight excluding hydrogens is 296 g/mol. The fourth-order valence-corrected chi connectivity index (χ4v) is 2.02. The van der Waals surface area contributed by atoms with Gasteiger partial charge in [-0.25, -0.2) is 9.59 Å². The van der Waals surface area contributed by atoms with Gasteiger partial charge >= 0.3 is 12.1 Å². The van der Waals surface area contributed by atoms with Crippen LogP contribution >= 0.6 is 0 Å². The summed E-state index contributed by atoms with van der Waals surface area (Å²) in [6.45, 7) is 5.76. The van der Waals surface area contributed by atoms with E-state index >= 15 is 0 Å². The maximum absolute atomic E-state index is 11.5. The Kier molecular flexibility index (Phi) is 4.74. The normalized spacial score (nSPS) is 11.8. The standard InChI is InChI=1S/C17H20N2O4/c1-17(2,3)23-16(22)18-8-4-5-11-6-7-13-12(9-11)10-14(19-13)15(20)21/h4-7,9-10,19H,8H2,1-3H3,(H,18,22)(H,20,21). The van der Waals surface area contributed by atoms with Crippen LogP contribution in [0.5, 0.6) is 0 Å². The lowest BCUT2D eigenvalue weighted by molar-refractivity contribution is 0.0533. The highest BCUT2D eigenvalue weighted by Gasteiger charge is 2.15. The number of benzene rings is 1. The fourth-order valence-electron chi connectivity index (χ4n) is 2.02. The summed E-state index contributed by atoms with van der Waals surface area (Å²) in [5.74, 6) is -0.986. The highest BCUT2D eigenvalue weighted by Crippen LogP contribution is 2.18. The lowest BCUT2D eigenvalue weighted by atomic mass is 10.1. The van der Waals surface area contributed by atoms with Gasteiger partial charge in [-0.05, 0) is 44.5 Å². The van der Waals surface area contributed by atoms with Crippen molar-refractivity contribution in [3.63, 3.8) is 0 Å². The molecule has 6 heteroatoms. The van der Waals surface area contributed by atoms with Crippen molar-refractivity contribution in [3.8, 4) is 0 Å². The second kappa shape index (κ2) is 6.56. The second-order valence-corrected chi connectivity index (χ2v) is 6.12. The largest absolute Gasteiger partial charge is 0.477 e. The van der Waals surface area contributed by atoms with Gasteiger partial charge in [0.2, 0.25) is 0 Å². The number of carbonyl (C=O) groups excluding carboxylic acids is 1. The van der Waals surface area contributed by atoms with Gasteiger partial charge in [-0.2, -0.15) is 0 Å². The minimum absolute atomic E-state index is 0.160. The molecule has 0 bridgehead atoms. The number of H-pyrrole nitrogens is 1. The van der Waals surface area contributed by atoms with E-state index in [1.807, 2.05) is 24.3 Å². The fraction of sp³-hybridized carbons (Fsp3) is 0.294. The summed E-state index contributed by atoms with van der Waals surface area (Å²) in [6.07, 6.45) is 3.19. The van der Waals surface area contributed by atoms with E-state index in [1.165, 1.54) is 0 Å². The lowest BCUT2D eigenvalue weighted by Crippen LogP contribution is -2.32. The van der Waals surface area contributed by atoms with Crippen molar-refractivity contribution in [1.29, 1.82) is 0 Å². The van der Waals surface area contributed by atoms with Gasteiger partial charge in [0.15, 0.2) is 0 Å². The summed E-state index contributed by atoms with van der Waals surface area (Å²) in [5.41, 5.74) is 1.33. The quantitative estimate of drug-likeness (QED) is 0.806. The van der Waals surface area contributed by atoms with Crippen LogP contribution in [0, 0.1) is 0 Å². The Morgan fingerprint density at radius 2 is 2.04 bits per heavy atom. The number of carboxylic acids is 1. The lowest BCUT2D eigenvalue weighted by Gasteiger charge is -2.19. The number of ether oxygens (including phenoxy) is 1. The number of hydrogen-bond acceptors (Lipinski definition) is 3. The molecule has 1 heterocycles. The third-order valence-corrected chi connectivity index (χ3v) is 2.95. The van der Waals surface area contributed by atoms with E-state index in [1.54, 1.807) is 32.9 Å². The van der Waals surface area contributed by atoms with E-state index in [4.69, 9.17) is 9.84 Å². The van der Waals surface area contributed by atoms with Crippen LogP contribution < -0.4 is 5.32 Å². The van der Waals surface area contributed by atoms with Crippen LogP contribution in [0.15, 0.2) is 30.3 Å². The Morgan fingerprint density at radius 1 is 1.30 bits per heavy atom.